The lowest BCUT2D eigenvalue weighted by atomic mass is 10.5. The lowest BCUT2D eigenvalue weighted by molar-refractivity contribution is -0.136. The highest BCUT2D eigenvalue weighted by molar-refractivity contribution is 6.50. The monoisotopic (exact) mass is 258 g/mol. The number of carbonyl (C=O) groups is 1. The molecule has 1 aliphatic heterocycles. The van der Waals surface area contributed by atoms with Crippen LogP contribution in [0.4, 0.5) is 0 Å². The highest BCUT2D eigenvalue weighted by atomic mass is 28.4. The van der Waals surface area contributed by atoms with Crippen LogP contribution in [0.15, 0.2) is 0 Å². The summed E-state index contributed by atoms with van der Waals surface area (Å²) >= 11 is 0. The van der Waals surface area contributed by atoms with Gasteiger partial charge < -0.3 is 21.6 Å². The SMILES string of the molecule is CCC(=O)O.O1[SiH2]O[SiH2]O[SiH2]O[SiH2]1. The molecule has 0 atom stereocenters. The van der Waals surface area contributed by atoms with Crippen LogP contribution in [0, 0.1) is 0 Å². The molecular formula is C3H14O6Si4. The summed E-state index contributed by atoms with van der Waals surface area (Å²) in [5.41, 5.74) is 0. The lowest BCUT2D eigenvalue weighted by Crippen LogP contribution is -2.23. The fraction of sp³-hybridized carbons (Fsp3) is 0.667. The van der Waals surface area contributed by atoms with E-state index < -0.39 is 46.0 Å². The maximum atomic E-state index is 9.37. The van der Waals surface area contributed by atoms with Gasteiger partial charge in [-0.25, -0.2) is 0 Å². The van der Waals surface area contributed by atoms with Crippen molar-refractivity contribution in [3.63, 3.8) is 0 Å². The van der Waals surface area contributed by atoms with Crippen molar-refractivity contribution in [1.29, 1.82) is 0 Å². The molecule has 0 saturated carbocycles. The van der Waals surface area contributed by atoms with Crippen molar-refractivity contribution in [2.75, 3.05) is 0 Å². The summed E-state index contributed by atoms with van der Waals surface area (Å²) in [5.74, 6) is -0.745. The van der Waals surface area contributed by atoms with Gasteiger partial charge in [0.25, 0.3) is 40.0 Å². The number of rotatable bonds is 1. The van der Waals surface area contributed by atoms with E-state index in [1.54, 1.807) is 6.92 Å². The highest BCUT2D eigenvalue weighted by Gasteiger charge is 1.97. The zero-order valence-corrected chi connectivity index (χ0v) is 13.2. The van der Waals surface area contributed by atoms with Crippen molar-refractivity contribution in [1.82, 2.24) is 0 Å². The predicted octanol–water partition coefficient (Wildman–Crippen LogP) is -3.46. The van der Waals surface area contributed by atoms with Gasteiger partial charge in [0.1, 0.15) is 0 Å². The van der Waals surface area contributed by atoms with Crippen LogP contribution < -0.4 is 0 Å². The Morgan fingerprint density at radius 1 is 1.08 bits per heavy atom. The van der Waals surface area contributed by atoms with Gasteiger partial charge in [-0.1, -0.05) is 6.92 Å². The molecule has 0 amide bonds. The van der Waals surface area contributed by atoms with Crippen molar-refractivity contribution in [3.8, 4) is 0 Å². The fourth-order valence-electron chi connectivity index (χ4n) is 0.372. The summed E-state index contributed by atoms with van der Waals surface area (Å²) in [5, 5.41) is 7.72. The van der Waals surface area contributed by atoms with Gasteiger partial charge in [0.15, 0.2) is 0 Å². The third kappa shape index (κ3) is 12.2. The smallest absolute Gasteiger partial charge is 0.303 e. The Balaban J connectivity index is 0.000000252. The molecule has 0 aromatic rings. The molecule has 0 aromatic carbocycles. The average Bonchev–Trinajstić information content (AvgIpc) is 2.04. The summed E-state index contributed by atoms with van der Waals surface area (Å²) in [7, 11) is -2.61. The molecule has 0 aliphatic carbocycles. The third-order valence-electron chi connectivity index (χ3n) is 0.969. The third-order valence-corrected chi connectivity index (χ3v) is 6.30. The van der Waals surface area contributed by atoms with Crippen molar-refractivity contribution in [2.45, 2.75) is 13.3 Å². The predicted molar refractivity (Wildman–Crippen MR) is 56.4 cm³/mol. The van der Waals surface area contributed by atoms with Crippen LogP contribution in [0.5, 0.6) is 0 Å². The minimum Gasteiger partial charge on any atom is -0.481 e. The minimum atomic E-state index is -0.745. The van der Waals surface area contributed by atoms with Crippen molar-refractivity contribution in [2.24, 2.45) is 0 Å². The number of aliphatic carboxylic acids is 1. The summed E-state index contributed by atoms with van der Waals surface area (Å²) in [6.07, 6.45) is 0.222. The minimum absolute atomic E-state index is 0.222. The first-order valence-electron chi connectivity index (χ1n) is 3.80. The number of hydrogen-bond acceptors (Lipinski definition) is 5. The van der Waals surface area contributed by atoms with Crippen LogP contribution >= 0.6 is 0 Å². The first kappa shape index (κ1) is 13.2. The molecule has 0 bridgehead atoms. The number of carboxylic acids is 1. The Hall–Kier alpha value is 0.178. The quantitative estimate of drug-likeness (QED) is 0.493. The summed E-state index contributed by atoms with van der Waals surface area (Å²) in [4.78, 5) is 9.37. The highest BCUT2D eigenvalue weighted by Crippen LogP contribution is 1.79. The van der Waals surface area contributed by atoms with Crippen molar-refractivity contribution in [3.05, 3.63) is 0 Å². The van der Waals surface area contributed by atoms with E-state index in [0.29, 0.717) is 0 Å². The Bertz CT molecular complexity index is 109. The van der Waals surface area contributed by atoms with Gasteiger partial charge in [-0.05, 0) is 0 Å². The molecule has 1 N–H and O–H groups in total. The molecule has 0 unspecified atom stereocenters. The molecule has 1 heterocycles. The maximum absolute atomic E-state index is 9.37. The van der Waals surface area contributed by atoms with Gasteiger partial charge in [0.2, 0.25) is 0 Å². The molecule has 78 valence electrons. The first-order valence-corrected chi connectivity index (χ1v) is 8.42. The van der Waals surface area contributed by atoms with Crippen LogP contribution in [-0.4, -0.2) is 51.1 Å². The standard InChI is InChI=1S/C3H6O2.H8O4Si4/c1-2-3(4)5;1-5-2-7-4-8-3-6-1/h2H2,1H3,(H,4,5);5-8H2. The molecule has 1 saturated heterocycles. The van der Waals surface area contributed by atoms with E-state index in [1.807, 2.05) is 0 Å². The number of hydrogen-bond donors (Lipinski definition) is 1. The van der Waals surface area contributed by atoms with E-state index in [-0.39, 0.29) is 6.42 Å². The van der Waals surface area contributed by atoms with Gasteiger partial charge in [0, 0.05) is 6.42 Å². The second kappa shape index (κ2) is 10.3. The second-order valence-corrected chi connectivity index (χ2v) is 9.51. The molecule has 0 spiro atoms. The lowest BCUT2D eigenvalue weighted by Gasteiger charge is -2.10. The molecule has 1 aliphatic rings. The van der Waals surface area contributed by atoms with Crippen molar-refractivity contribution < 1.29 is 26.4 Å². The summed E-state index contributed by atoms with van der Waals surface area (Å²) in [6, 6.07) is 0. The molecule has 1 fully saturated rings. The molecule has 0 aromatic heterocycles. The van der Waals surface area contributed by atoms with Crippen LogP contribution in [0.2, 0.25) is 0 Å². The Morgan fingerprint density at radius 3 is 1.46 bits per heavy atom. The van der Waals surface area contributed by atoms with Crippen LogP contribution in [0.1, 0.15) is 13.3 Å². The Morgan fingerprint density at radius 2 is 1.31 bits per heavy atom. The first-order chi connectivity index (χ1) is 6.27. The van der Waals surface area contributed by atoms with Gasteiger partial charge in [-0.3, -0.25) is 4.79 Å². The van der Waals surface area contributed by atoms with Crippen LogP contribution in [0.25, 0.3) is 0 Å². The average molecular weight is 258 g/mol. The van der Waals surface area contributed by atoms with Crippen LogP contribution in [0.3, 0.4) is 0 Å². The largest absolute Gasteiger partial charge is 0.481 e. The van der Waals surface area contributed by atoms with E-state index in [9.17, 15) is 4.79 Å². The second-order valence-electron chi connectivity index (χ2n) is 2.04. The van der Waals surface area contributed by atoms with Gasteiger partial charge >= 0.3 is 5.97 Å². The van der Waals surface area contributed by atoms with Crippen molar-refractivity contribution >= 4 is 46.0 Å². The van der Waals surface area contributed by atoms with Gasteiger partial charge in [0.05, 0.1) is 0 Å². The maximum Gasteiger partial charge on any atom is 0.303 e. The molecule has 0 radical (unpaired) electrons. The van der Waals surface area contributed by atoms with Gasteiger partial charge in [-0.2, -0.15) is 0 Å². The Labute approximate surface area is 86.2 Å². The van der Waals surface area contributed by atoms with E-state index >= 15 is 0 Å². The molecule has 13 heavy (non-hydrogen) atoms. The molecule has 10 heteroatoms. The van der Waals surface area contributed by atoms with E-state index in [2.05, 4.69) is 0 Å². The molecule has 1 rings (SSSR count). The van der Waals surface area contributed by atoms with E-state index in [1.165, 1.54) is 0 Å². The number of carboxylic acid groups (broad SMARTS) is 1. The topological polar surface area (TPSA) is 74.2 Å². The fourth-order valence-corrected chi connectivity index (χ4v) is 7.59. The Kier molecular flexibility index (Phi) is 10.4. The zero-order chi connectivity index (χ0) is 9.94. The van der Waals surface area contributed by atoms with Crippen LogP contribution in [-0.2, 0) is 21.3 Å². The summed E-state index contributed by atoms with van der Waals surface area (Å²) in [6.45, 7) is 1.60. The molecule has 6 nitrogen and oxygen atoms in total. The van der Waals surface area contributed by atoms with Gasteiger partial charge in [-0.15, -0.1) is 0 Å². The normalized spacial score (nSPS) is 25.0. The van der Waals surface area contributed by atoms with E-state index in [4.69, 9.17) is 21.6 Å². The zero-order valence-electron chi connectivity index (χ0n) is 7.52. The van der Waals surface area contributed by atoms with E-state index in [0.717, 1.165) is 0 Å². The summed E-state index contributed by atoms with van der Waals surface area (Å²) < 4.78 is 20.4. The molecular weight excluding hydrogens is 244 g/mol.